The smallest absolute Gasteiger partial charge is 0.194 e. The summed E-state index contributed by atoms with van der Waals surface area (Å²) in [4.78, 5) is 54.5. The predicted octanol–water partition coefficient (Wildman–Crippen LogP) is 6.77. The van der Waals surface area contributed by atoms with E-state index in [1.807, 2.05) is 60.7 Å². The Labute approximate surface area is 242 Å². The van der Waals surface area contributed by atoms with Crippen molar-refractivity contribution >= 4 is 23.1 Å². The lowest BCUT2D eigenvalue weighted by Gasteiger charge is -2.23. The van der Waals surface area contributed by atoms with Crippen LogP contribution in [0.1, 0.15) is 63.7 Å². The molecular formula is C36H26O6. The first-order valence-corrected chi connectivity index (χ1v) is 13.5. The van der Waals surface area contributed by atoms with E-state index >= 15 is 0 Å². The van der Waals surface area contributed by atoms with Gasteiger partial charge in [-0.05, 0) is 72.5 Å². The Balaban J connectivity index is 1.33. The SMILES string of the molecule is Cc1cc(OCc2ccccc2)c2c(c1)C(=O)C(C1=CC(=O)c3c(OCc4ccccc4)cc(C)cc3C1=O)=CC2=O. The van der Waals surface area contributed by atoms with Crippen LogP contribution in [0.3, 0.4) is 0 Å². The first-order valence-electron chi connectivity index (χ1n) is 13.5. The van der Waals surface area contributed by atoms with Gasteiger partial charge in [-0.15, -0.1) is 0 Å². The first-order chi connectivity index (χ1) is 20.3. The summed E-state index contributed by atoms with van der Waals surface area (Å²) >= 11 is 0. The molecule has 0 aromatic heterocycles. The number of ether oxygens (including phenoxy) is 2. The number of aryl methyl sites for hydroxylation is 2. The third-order valence-corrected chi connectivity index (χ3v) is 7.28. The number of carbonyl (C=O) groups excluding carboxylic acids is 4. The van der Waals surface area contributed by atoms with Gasteiger partial charge in [-0.1, -0.05) is 60.7 Å². The van der Waals surface area contributed by atoms with Gasteiger partial charge >= 0.3 is 0 Å². The first kappa shape index (κ1) is 26.8. The van der Waals surface area contributed by atoms with Crippen molar-refractivity contribution in [3.05, 3.63) is 153 Å². The number of benzene rings is 4. The molecule has 0 unspecified atom stereocenters. The second-order valence-corrected chi connectivity index (χ2v) is 10.4. The molecule has 6 nitrogen and oxygen atoms in total. The van der Waals surface area contributed by atoms with Gasteiger partial charge in [0.2, 0.25) is 0 Å². The topological polar surface area (TPSA) is 86.7 Å². The van der Waals surface area contributed by atoms with Crippen molar-refractivity contribution in [1.29, 1.82) is 0 Å². The Kier molecular flexibility index (Phi) is 6.97. The van der Waals surface area contributed by atoms with Crippen molar-refractivity contribution in [3.63, 3.8) is 0 Å². The highest BCUT2D eigenvalue weighted by atomic mass is 16.5. The van der Waals surface area contributed by atoms with Crippen molar-refractivity contribution in [2.24, 2.45) is 0 Å². The number of ketones is 4. The van der Waals surface area contributed by atoms with Crippen LogP contribution in [0.5, 0.6) is 11.5 Å². The van der Waals surface area contributed by atoms with Gasteiger partial charge in [0, 0.05) is 22.3 Å². The molecule has 0 saturated carbocycles. The molecule has 206 valence electrons. The molecule has 0 amide bonds. The van der Waals surface area contributed by atoms with E-state index in [4.69, 9.17) is 9.47 Å². The molecule has 0 spiro atoms. The summed E-state index contributed by atoms with van der Waals surface area (Å²) in [6, 6.07) is 25.6. The zero-order valence-electron chi connectivity index (χ0n) is 23.1. The van der Waals surface area contributed by atoms with Crippen molar-refractivity contribution in [3.8, 4) is 11.5 Å². The van der Waals surface area contributed by atoms with Gasteiger partial charge in [0.15, 0.2) is 23.1 Å². The molecule has 0 aliphatic heterocycles. The second-order valence-electron chi connectivity index (χ2n) is 10.4. The Hall–Kier alpha value is -5.36. The number of Topliss-reactive ketones (excluding diaryl/α,β-unsaturated/α-hetero) is 2. The molecule has 0 fully saturated rings. The maximum absolute atomic E-state index is 13.8. The Bertz CT molecular complexity index is 1710. The van der Waals surface area contributed by atoms with Crippen LogP contribution in [0.15, 0.2) is 108 Å². The minimum Gasteiger partial charge on any atom is -0.488 e. The zero-order chi connectivity index (χ0) is 29.4. The summed E-state index contributed by atoms with van der Waals surface area (Å²) in [7, 11) is 0. The van der Waals surface area contributed by atoms with Crippen molar-refractivity contribution in [1.82, 2.24) is 0 Å². The van der Waals surface area contributed by atoms with Crippen LogP contribution in [-0.4, -0.2) is 23.1 Å². The fourth-order valence-electron chi connectivity index (χ4n) is 5.30. The van der Waals surface area contributed by atoms with E-state index < -0.39 is 23.1 Å². The number of fused-ring (bicyclic) bond motifs is 2. The molecule has 2 aliphatic carbocycles. The number of hydrogen-bond donors (Lipinski definition) is 0. The van der Waals surface area contributed by atoms with Crippen LogP contribution in [0.25, 0.3) is 0 Å². The molecule has 0 bridgehead atoms. The van der Waals surface area contributed by atoms with Crippen LogP contribution < -0.4 is 9.47 Å². The van der Waals surface area contributed by atoms with Crippen LogP contribution in [0.4, 0.5) is 0 Å². The maximum Gasteiger partial charge on any atom is 0.194 e. The Morgan fingerprint density at radius 3 is 1.29 bits per heavy atom. The average Bonchev–Trinajstić information content (AvgIpc) is 2.99. The Morgan fingerprint density at radius 2 is 0.905 bits per heavy atom. The highest BCUT2D eigenvalue weighted by molar-refractivity contribution is 6.35. The molecule has 0 saturated heterocycles. The molecular weight excluding hydrogens is 528 g/mol. The third-order valence-electron chi connectivity index (χ3n) is 7.28. The third kappa shape index (κ3) is 4.99. The molecule has 0 radical (unpaired) electrons. The van der Waals surface area contributed by atoms with Crippen LogP contribution in [0.2, 0.25) is 0 Å². The standard InChI is InChI=1S/C36H26O6/c1-21-13-27-33(31(15-21)41-19-23-9-5-3-6-10-23)29(37)17-25(35(27)39)26-18-30(38)34-28(36(26)40)14-22(2)16-32(34)42-20-24-11-7-4-8-12-24/h3-18H,19-20H2,1-2H3. The molecule has 42 heavy (non-hydrogen) atoms. The van der Waals surface area contributed by atoms with E-state index in [0.717, 1.165) is 34.4 Å². The molecule has 0 atom stereocenters. The summed E-state index contributed by atoms with van der Waals surface area (Å²) in [5, 5.41) is 0. The highest BCUT2D eigenvalue weighted by Gasteiger charge is 2.37. The van der Waals surface area contributed by atoms with E-state index in [1.54, 1.807) is 38.1 Å². The minimum absolute atomic E-state index is 0.107. The molecule has 2 aliphatic rings. The predicted molar refractivity (Wildman–Crippen MR) is 157 cm³/mol. The number of hydrogen-bond acceptors (Lipinski definition) is 6. The normalized spacial score (nSPS) is 14.1. The van der Waals surface area contributed by atoms with Crippen molar-refractivity contribution in [2.45, 2.75) is 27.1 Å². The van der Waals surface area contributed by atoms with E-state index in [9.17, 15) is 19.2 Å². The quantitative estimate of drug-likeness (QED) is 0.251. The van der Waals surface area contributed by atoms with Gasteiger partial charge in [-0.3, -0.25) is 19.2 Å². The minimum atomic E-state index is -0.512. The molecule has 4 aromatic rings. The number of rotatable bonds is 7. The van der Waals surface area contributed by atoms with E-state index in [2.05, 4.69) is 0 Å². The van der Waals surface area contributed by atoms with Gasteiger partial charge in [-0.25, -0.2) is 0 Å². The summed E-state index contributed by atoms with van der Waals surface area (Å²) in [6.07, 6.45) is 2.28. The lowest BCUT2D eigenvalue weighted by molar-refractivity contribution is 0.0959. The van der Waals surface area contributed by atoms with Crippen molar-refractivity contribution in [2.75, 3.05) is 0 Å². The van der Waals surface area contributed by atoms with Gasteiger partial charge in [0.05, 0.1) is 11.1 Å². The summed E-state index contributed by atoms with van der Waals surface area (Å²) in [6.45, 7) is 4.04. The fourth-order valence-corrected chi connectivity index (χ4v) is 5.30. The van der Waals surface area contributed by atoms with Gasteiger partial charge in [-0.2, -0.15) is 0 Å². The lowest BCUT2D eigenvalue weighted by atomic mass is 9.79. The molecule has 4 aromatic carbocycles. The van der Waals surface area contributed by atoms with Gasteiger partial charge < -0.3 is 9.47 Å². The molecule has 6 rings (SSSR count). The zero-order valence-corrected chi connectivity index (χ0v) is 23.1. The maximum atomic E-state index is 13.8. The van der Waals surface area contributed by atoms with E-state index in [1.165, 1.54) is 0 Å². The van der Waals surface area contributed by atoms with E-state index in [-0.39, 0.29) is 46.6 Å². The van der Waals surface area contributed by atoms with Crippen molar-refractivity contribution < 1.29 is 28.7 Å². The molecule has 0 N–H and O–H groups in total. The van der Waals surface area contributed by atoms with Crippen LogP contribution >= 0.6 is 0 Å². The van der Waals surface area contributed by atoms with Crippen LogP contribution in [-0.2, 0) is 13.2 Å². The summed E-state index contributed by atoms with van der Waals surface area (Å²) in [5.74, 6) is -1.37. The number of allylic oxidation sites excluding steroid dienone is 4. The molecule has 6 heteroatoms. The monoisotopic (exact) mass is 554 g/mol. The second kappa shape index (κ2) is 10.9. The number of carbonyl (C=O) groups is 4. The van der Waals surface area contributed by atoms with Gasteiger partial charge in [0.25, 0.3) is 0 Å². The fraction of sp³-hybridized carbons (Fsp3) is 0.111. The van der Waals surface area contributed by atoms with E-state index in [0.29, 0.717) is 11.5 Å². The largest absolute Gasteiger partial charge is 0.488 e. The van der Waals surface area contributed by atoms with Gasteiger partial charge in [0.1, 0.15) is 24.7 Å². The highest BCUT2D eigenvalue weighted by Crippen LogP contribution is 2.38. The summed E-state index contributed by atoms with van der Waals surface area (Å²) in [5.41, 5.74) is 3.63. The molecule has 0 heterocycles. The Morgan fingerprint density at radius 1 is 0.524 bits per heavy atom. The average molecular weight is 555 g/mol. The lowest BCUT2D eigenvalue weighted by Crippen LogP contribution is -2.26. The summed E-state index contributed by atoms with van der Waals surface area (Å²) < 4.78 is 12.0. The van der Waals surface area contributed by atoms with Crippen LogP contribution in [0, 0.1) is 13.8 Å².